The van der Waals surface area contributed by atoms with Gasteiger partial charge in [-0.15, -0.1) is 0 Å². The maximum absolute atomic E-state index is 14.2. The second kappa shape index (κ2) is 9.90. The average Bonchev–Trinajstić information content (AvgIpc) is 2.69. The van der Waals surface area contributed by atoms with Gasteiger partial charge < -0.3 is 4.74 Å². The van der Waals surface area contributed by atoms with Gasteiger partial charge in [0, 0.05) is 24.5 Å². The van der Waals surface area contributed by atoms with Gasteiger partial charge in [0.1, 0.15) is 24.0 Å². The Bertz CT molecular complexity index is 857. The molecule has 0 saturated carbocycles. The van der Waals surface area contributed by atoms with Crippen LogP contribution in [0.3, 0.4) is 0 Å². The van der Waals surface area contributed by atoms with Crippen LogP contribution in [0.5, 0.6) is 5.75 Å². The number of benzene rings is 2. The normalized spacial score (nSPS) is 11.6. The van der Waals surface area contributed by atoms with Crippen molar-refractivity contribution in [3.63, 3.8) is 0 Å². The summed E-state index contributed by atoms with van der Waals surface area (Å²) in [6, 6.07) is 6.87. The highest BCUT2D eigenvalue weighted by Gasteiger charge is 2.34. The quantitative estimate of drug-likeness (QED) is 0.444. The van der Waals surface area contributed by atoms with Crippen molar-refractivity contribution in [2.24, 2.45) is 0 Å². The molecule has 0 aliphatic carbocycles. The van der Waals surface area contributed by atoms with E-state index in [0.29, 0.717) is 30.4 Å². The first-order valence-electron chi connectivity index (χ1n) is 9.84. The second-order valence-electron chi connectivity index (χ2n) is 6.88. The molecule has 0 fully saturated rings. The molecule has 29 heavy (non-hydrogen) atoms. The fraction of sp³-hybridized carbons (Fsp3) is 0.435. The molecular formula is C23H26F4O2. The molecule has 6 heteroatoms. The van der Waals surface area contributed by atoms with Gasteiger partial charge in [-0.3, -0.25) is 4.79 Å². The lowest BCUT2D eigenvalue weighted by molar-refractivity contribution is -0.138. The number of Topliss-reactive ketones (excluding diaryl/α,β-unsaturated/α-hetero) is 1. The Kier molecular flexibility index (Phi) is 7.82. The van der Waals surface area contributed by atoms with Crippen LogP contribution in [-0.2, 0) is 36.8 Å². The van der Waals surface area contributed by atoms with Crippen LogP contribution >= 0.6 is 0 Å². The Balaban J connectivity index is 2.38. The van der Waals surface area contributed by atoms with E-state index in [4.69, 9.17) is 4.74 Å². The van der Waals surface area contributed by atoms with Gasteiger partial charge >= 0.3 is 6.18 Å². The molecule has 0 aliphatic heterocycles. The van der Waals surface area contributed by atoms with Crippen LogP contribution in [0.1, 0.15) is 61.4 Å². The molecule has 0 saturated heterocycles. The second-order valence-corrected chi connectivity index (χ2v) is 6.88. The molecule has 0 amide bonds. The summed E-state index contributed by atoms with van der Waals surface area (Å²) in [4.78, 5) is 11.6. The Morgan fingerprint density at radius 2 is 1.69 bits per heavy atom. The summed E-state index contributed by atoms with van der Waals surface area (Å²) in [5.74, 6) is -0.202. The minimum Gasteiger partial charge on any atom is -0.488 e. The number of ether oxygens (including phenoxy) is 1. The molecule has 2 aromatic carbocycles. The summed E-state index contributed by atoms with van der Waals surface area (Å²) in [6.45, 7) is 5.09. The summed E-state index contributed by atoms with van der Waals surface area (Å²) in [7, 11) is 0. The predicted octanol–water partition coefficient (Wildman–Crippen LogP) is 6.46. The lowest BCUT2D eigenvalue weighted by atomic mass is 9.96. The zero-order valence-electron chi connectivity index (χ0n) is 17.0. The third-order valence-electron chi connectivity index (χ3n) is 5.01. The van der Waals surface area contributed by atoms with Crippen LogP contribution in [-0.4, -0.2) is 5.78 Å². The highest BCUT2D eigenvalue weighted by Crippen LogP contribution is 2.35. The third-order valence-corrected chi connectivity index (χ3v) is 5.01. The highest BCUT2D eigenvalue weighted by atomic mass is 19.4. The van der Waals surface area contributed by atoms with Crippen molar-refractivity contribution in [1.82, 2.24) is 0 Å². The van der Waals surface area contributed by atoms with E-state index in [2.05, 4.69) is 0 Å². The van der Waals surface area contributed by atoms with Crippen LogP contribution in [0.15, 0.2) is 30.3 Å². The Morgan fingerprint density at radius 3 is 2.28 bits per heavy atom. The van der Waals surface area contributed by atoms with Crippen molar-refractivity contribution in [3.05, 3.63) is 64.0 Å². The van der Waals surface area contributed by atoms with E-state index in [0.717, 1.165) is 11.6 Å². The highest BCUT2D eigenvalue weighted by molar-refractivity contribution is 5.78. The molecule has 0 N–H and O–H groups in total. The van der Waals surface area contributed by atoms with Gasteiger partial charge in [-0.1, -0.05) is 32.9 Å². The number of ketones is 1. The van der Waals surface area contributed by atoms with Gasteiger partial charge in [0.25, 0.3) is 0 Å². The van der Waals surface area contributed by atoms with E-state index >= 15 is 0 Å². The monoisotopic (exact) mass is 410 g/mol. The van der Waals surface area contributed by atoms with Gasteiger partial charge in [-0.25, -0.2) is 4.39 Å². The lowest BCUT2D eigenvalue weighted by Gasteiger charge is -2.19. The lowest BCUT2D eigenvalue weighted by Crippen LogP contribution is -2.14. The van der Waals surface area contributed by atoms with E-state index in [9.17, 15) is 22.4 Å². The Labute approximate surface area is 168 Å². The molecule has 2 aromatic rings. The number of hydrogen-bond donors (Lipinski definition) is 0. The SMILES string of the molecule is CCC(=O)CCc1cccc(C(F)(F)F)c1COc1cc(F)c(CC)cc1CC. The molecule has 0 bridgehead atoms. The smallest absolute Gasteiger partial charge is 0.416 e. The van der Waals surface area contributed by atoms with Crippen LogP contribution in [0, 0.1) is 5.82 Å². The summed E-state index contributed by atoms with van der Waals surface area (Å²) < 4.78 is 60.5. The number of halogens is 4. The Hall–Kier alpha value is -2.37. The van der Waals surface area contributed by atoms with Gasteiger partial charge in [0.15, 0.2) is 0 Å². The molecule has 0 heterocycles. The number of hydrogen-bond acceptors (Lipinski definition) is 2. The topological polar surface area (TPSA) is 26.3 Å². The predicted molar refractivity (Wildman–Crippen MR) is 105 cm³/mol. The third kappa shape index (κ3) is 5.81. The van der Waals surface area contributed by atoms with Crippen molar-refractivity contribution < 1.29 is 27.1 Å². The fourth-order valence-electron chi connectivity index (χ4n) is 3.24. The zero-order chi connectivity index (χ0) is 21.6. The molecule has 2 nitrogen and oxygen atoms in total. The molecule has 2 rings (SSSR count). The number of alkyl halides is 3. The summed E-state index contributed by atoms with van der Waals surface area (Å²) in [6.07, 6.45) is -2.74. The standard InChI is InChI=1S/C23H26F4O2/c1-4-15-12-16(5-2)22(13-21(15)24)29-14-19-17(10-11-18(28)6-3)8-7-9-20(19)23(25,26)27/h7-9,12-13H,4-6,10-11,14H2,1-3H3. The van der Waals surface area contributed by atoms with Crippen molar-refractivity contribution in [2.75, 3.05) is 0 Å². The maximum Gasteiger partial charge on any atom is 0.416 e. The first kappa shape index (κ1) is 22.9. The van der Waals surface area contributed by atoms with Crippen molar-refractivity contribution in [2.45, 2.75) is 65.7 Å². The molecule has 0 radical (unpaired) electrons. The molecule has 0 spiro atoms. The largest absolute Gasteiger partial charge is 0.488 e. The maximum atomic E-state index is 14.2. The molecule has 0 unspecified atom stereocenters. The van der Waals surface area contributed by atoms with E-state index in [-0.39, 0.29) is 36.5 Å². The minimum atomic E-state index is -4.55. The number of carbonyl (C=O) groups is 1. The van der Waals surface area contributed by atoms with Gasteiger partial charge in [-0.2, -0.15) is 13.2 Å². The van der Waals surface area contributed by atoms with Gasteiger partial charge in [-0.05, 0) is 48.1 Å². The zero-order valence-corrected chi connectivity index (χ0v) is 17.0. The van der Waals surface area contributed by atoms with Gasteiger partial charge in [0.05, 0.1) is 5.56 Å². The minimum absolute atomic E-state index is 0.00840. The first-order valence-corrected chi connectivity index (χ1v) is 9.84. The van der Waals surface area contributed by atoms with Gasteiger partial charge in [0.2, 0.25) is 0 Å². The van der Waals surface area contributed by atoms with E-state index in [1.54, 1.807) is 19.1 Å². The summed E-state index contributed by atoms with van der Waals surface area (Å²) in [5, 5.41) is 0. The number of rotatable bonds is 9. The number of carbonyl (C=O) groups excluding carboxylic acids is 1. The molecule has 158 valence electrons. The number of aryl methyl sites for hydroxylation is 3. The van der Waals surface area contributed by atoms with Crippen LogP contribution in [0.4, 0.5) is 17.6 Å². The molecule has 0 aromatic heterocycles. The van der Waals surface area contributed by atoms with Crippen molar-refractivity contribution in [3.8, 4) is 5.75 Å². The van der Waals surface area contributed by atoms with Crippen LogP contribution in [0.25, 0.3) is 0 Å². The van der Waals surface area contributed by atoms with E-state index in [1.807, 2.05) is 13.8 Å². The van der Waals surface area contributed by atoms with Crippen molar-refractivity contribution in [1.29, 1.82) is 0 Å². The first-order chi connectivity index (χ1) is 13.7. The molecular weight excluding hydrogens is 384 g/mol. The van der Waals surface area contributed by atoms with Crippen molar-refractivity contribution >= 4 is 5.78 Å². The Morgan fingerprint density at radius 1 is 1.00 bits per heavy atom. The molecule has 0 atom stereocenters. The van der Waals surface area contributed by atoms with Crippen LogP contribution in [0.2, 0.25) is 0 Å². The van der Waals surface area contributed by atoms with E-state index in [1.165, 1.54) is 12.1 Å². The summed E-state index contributed by atoms with van der Waals surface area (Å²) in [5.41, 5.74) is 0.915. The van der Waals surface area contributed by atoms with Crippen LogP contribution < -0.4 is 4.74 Å². The fourth-order valence-corrected chi connectivity index (χ4v) is 3.24. The molecule has 0 aliphatic rings. The summed E-state index contributed by atoms with van der Waals surface area (Å²) >= 11 is 0. The van der Waals surface area contributed by atoms with E-state index < -0.39 is 17.6 Å². The average molecular weight is 410 g/mol.